The lowest BCUT2D eigenvalue weighted by Crippen LogP contribution is -2.45. The molecule has 2 amide bonds. The van der Waals surface area contributed by atoms with E-state index in [-0.39, 0.29) is 30.2 Å². The molecule has 0 aromatic heterocycles. The van der Waals surface area contributed by atoms with Crippen molar-refractivity contribution >= 4 is 17.6 Å². The summed E-state index contributed by atoms with van der Waals surface area (Å²) in [5.74, 6) is -0.515. The van der Waals surface area contributed by atoms with Gasteiger partial charge in [0.25, 0.3) is 0 Å². The second kappa shape index (κ2) is 8.92. The summed E-state index contributed by atoms with van der Waals surface area (Å²) in [6.45, 7) is 2.22. The van der Waals surface area contributed by atoms with Gasteiger partial charge in [0, 0.05) is 26.2 Å². The number of nitrogens with two attached hydrogens (primary N) is 1. The first kappa shape index (κ1) is 18.7. The highest BCUT2D eigenvalue weighted by Crippen LogP contribution is 2.19. The Kier molecular flexibility index (Phi) is 7.58. The van der Waals surface area contributed by atoms with Gasteiger partial charge in [-0.15, -0.1) is 0 Å². The van der Waals surface area contributed by atoms with E-state index in [0.29, 0.717) is 18.4 Å². The number of hydrogen-bond acceptors (Lipinski definition) is 3. The summed E-state index contributed by atoms with van der Waals surface area (Å²) in [7, 11) is 1.65. The predicted octanol–water partition coefficient (Wildman–Crippen LogP) is 2.11. The van der Waals surface area contributed by atoms with Gasteiger partial charge in [-0.1, -0.05) is 30.7 Å². The van der Waals surface area contributed by atoms with Crippen molar-refractivity contribution in [1.82, 2.24) is 10.2 Å². The molecule has 5 nitrogen and oxygen atoms in total. The number of nitrogens with zero attached hydrogens (tertiary/aromatic N) is 1. The van der Waals surface area contributed by atoms with Crippen LogP contribution in [0.5, 0.6) is 0 Å². The van der Waals surface area contributed by atoms with Crippen LogP contribution < -0.4 is 11.1 Å². The molecule has 0 spiro atoms. The van der Waals surface area contributed by atoms with Crippen molar-refractivity contribution in [2.24, 2.45) is 5.73 Å². The van der Waals surface area contributed by atoms with Gasteiger partial charge in [-0.25, -0.2) is 9.18 Å². The van der Waals surface area contributed by atoms with Crippen molar-refractivity contribution in [3.8, 4) is 0 Å². The van der Waals surface area contributed by atoms with Crippen LogP contribution in [0.25, 0.3) is 0 Å². The fourth-order valence-electron chi connectivity index (χ4n) is 2.16. The smallest absolute Gasteiger partial charge is 0.317 e. The Bertz CT molecular complexity index is 502. The molecule has 0 saturated carbocycles. The Balaban J connectivity index is 2.61. The van der Waals surface area contributed by atoms with Crippen LogP contribution in [-0.2, 0) is 6.54 Å². The highest BCUT2D eigenvalue weighted by molar-refractivity contribution is 6.31. The quantitative estimate of drug-likeness (QED) is 0.716. The maximum Gasteiger partial charge on any atom is 0.317 e. The van der Waals surface area contributed by atoms with Crippen LogP contribution in [0.1, 0.15) is 25.3 Å². The zero-order valence-electron chi connectivity index (χ0n) is 12.9. The van der Waals surface area contributed by atoms with Crippen molar-refractivity contribution in [2.75, 3.05) is 13.6 Å². The van der Waals surface area contributed by atoms with Crippen LogP contribution in [0, 0.1) is 5.82 Å². The lowest BCUT2D eigenvalue weighted by atomic mass is 10.1. The van der Waals surface area contributed by atoms with Gasteiger partial charge in [-0.3, -0.25) is 0 Å². The number of aliphatic hydroxyl groups excluding tert-OH is 1. The zero-order chi connectivity index (χ0) is 16.7. The average Bonchev–Trinajstić information content (AvgIpc) is 2.52. The summed E-state index contributed by atoms with van der Waals surface area (Å²) in [6.07, 6.45) is 0.470. The molecule has 0 aliphatic carbocycles. The standard InChI is InChI=1S/C15H23ClFN3O2/c1-3-11(7-12(21)8-18)20(2)15(22)19-9-10-5-4-6-13(17)14(10)16/h4-6,11-12,21H,3,7-9,18H2,1-2H3,(H,19,22)/t11?,12-/m1/s1. The van der Waals surface area contributed by atoms with E-state index in [1.165, 1.54) is 11.0 Å². The Morgan fingerprint density at radius 1 is 1.55 bits per heavy atom. The highest BCUT2D eigenvalue weighted by atomic mass is 35.5. The van der Waals surface area contributed by atoms with Crippen molar-refractivity contribution in [3.63, 3.8) is 0 Å². The van der Waals surface area contributed by atoms with E-state index < -0.39 is 11.9 Å². The fraction of sp³-hybridized carbons (Fsp3) is 0.533. The predicted molar refractivity (Wildman–Crippen MR) is 85.2 cm³/mol. The van der Waals surface area contributed by atoms with Crippen LogP contribution >= 0.6 is 11.6 Å². The topological polar surface area (TPSA) is 78.6 Å². The SMILES string of the molecule is CCC(C[C@@H](O)CN)N(C)C(=O)NCc1cccc(F)c1Cl. The van der Waals surface area contributed by atoms with Crippen molar-refractivity contribution in [3.05, 3.63) is 34.6 Å². The monoisotopic (exact) mass is 331 g/mol. The lowest BCUT2D eigenvalue weighted by Gasteiger charge is -2.29. The fourth-order valence-corrected chi connectivity index (χ4v) is 2.35. The Hall–Kier alpha value is -1.37. The third-order valence-corrected chi connectivity index (χ3v) is 4.04. The molecule has 1 unspecified atom stereocenters. The third-order valence-electron chi connectivity index (χ3n) is 3.62. The molecule has 0 heterocycles. The normalized spacial score (nSPS) is 13.5. The minimum Gasteiger partial charge on any atom is -0.392 e. The van der Waals surface area contributed by atoms with Gasteiger partial charge in [-0.2, -0.15) is 0 Å². The molecule has 0 bridgehead atoms. The second-order valence-corrected chi connectivity index (χ2v) is 5.55. The summed E-state index contributed by atoms with van der Waals surface area (Å²) in [5, 5.41) is 12.3. The number of halogens is 2. The first-order valence-electron chi connectivity index (χ1n) is 7.22. The van der Waals surface area contributed by atoms with Crippen LogP contribution in [-0.4, -0.2) is 41.8 Å². The molecule has 2 atom stereocenters. The van der Waals surface area contributed by atoms with Gasteiger partial charge in [0.1, 0.15) is 5.82 Å². The molecule has 0 aliphatic rings. The zero-order valence-corrected chi connectivity index (χ0v) is 13.6. The molecule has 1 rings (SSSR count). The first-order chi connectivity index (χ1) is 10.4. The number of rotatable bonds is 7. The molecule has 0 fully saturated rings. The summed E-state index contributed by atoms with van der Waals surface area (Å²) >= 11 is 5.85. The highest BCUT2D eigenvalue weighted by Gasteiger charge is 2.21. The summed E-state index contributed by atoms with van der Waals surface area (Å²) < 4.78 is 13.3. The Labute approximate surface area is 135 Å². The molecule has 1 aromatic carbocycles. The molecule has 22 heavy (non-hydrogen) atoms. The van der Waals surface area contributed by atoms with E-state index in [4.69, 9.17) is 17.3 Å². The van der Waals surface area contributed by atoms with Gasteiger partial charge in [0.15, 0.2) is 0 Å². The Morgan fingerprint density at radius 2 is 2.23 bits per heavy atom. The van der Waals surface area contributed by atoms with Crippen molar-refractivity contribution < 1.29 is 14.3 Å². The molecule has 1 aromatic rings. The van der Waals surface area contributed by atoms with Crippen LogP contribution in [0.3, 0.4) is 0 Å². The Morgan fingerprint density at radius 3 is 2.82 bits per heavy atom. The first-order valence-corrected chi connectivity index (χ1v) is 7.60. The number of hydrogen-bond donors (Lipinski definition) is 3. The van der Waals surface area contributed by atoms with E-state index in [1.807, 2.05) is 6.92 Å². The van der Waals surface area contributed by atoms with Gasteiger partial charge in [0.05, 0.1) is 11.1 Å². The van der Waals surface area contributed by atoms with Crippen LogP contribution in [0.15, 0.2) is 18.2 Å². The summed E-state index contributed by atoms with van der Waals surface area (Å²) in [4.78, 5) is 13.7. The molecular weight excluding hydrogens is 309 g/mol. The molecule has 7 heteroatoms. The number of aliphatic hydroxyl groups is 1. The van der Waals surface area contributed by atoms with E-state index in [1.54, 1.807) is 19.2 Å². The molecule has 124 valence electrons. The number of carbonyl (C=O) groups is 1. The minimum atomic E-state index is -0.641. The number of carbonyl (C=O) groups excluding carboxylic acids is 1. The maximum atomic E-state index is 13.3. The van der Waals surface area contributed by atoms with Gasteiger partial charge < -0.3 is 21.1 Å². The summed E-state index contributed by atoms with van der Waals surface area (Å²) in [6, 6.07) is 4.03. The second-order valence-electron chi connectivity index (χ2n) is 5.17. The third kappa shape index (κ3) is 5.12. The summed E-state index contributed by atoms with van der Waals surface area (Å²) in [5.41, 5.74) is 5.91. The van der Waals surface area contributed by atoms with Crippen molar-refractivity contribution in [1.29, 1.82) is 0 Å². The van der Waals surface area contributed by atoms with Gasteiger partial charge in [0.2, 0.25) is 0 Å². The number of nitrogens with one attached hydrogen (secondary N) is 1. The van der Waals surface area contributed by atoms with E-state index in [0.717, 1.165) is 0 Å². The molecule has 0 saturated heterocycles. The number of benzene rings is 1. The maximum absolute atomic E-state index is 13.3. The minimum absolute atomic E-state index is 0.0102. The van der Waals surface area contributed by atoms with Crippen molar-refractivity contribution in [2.45, 2.75) is 38.5 Å². The van der Waals surface area contributed by atoms with E-state index in [2.05, 4.69) is 5.32 Å². The van der Waals surface area contributed by atoms with Crippen LogP contribution in [0.2, 0.25) is 5.02 Å². The number of amides is 2. The van der Waals surface area contributed by atoms with E-state index >= 15 is 0 Å². The molecular formula is C15H23ClFN3O2. The average molecular weight is 332 g/mol. The molecule has 0 aliphatic heterocycles. The molecule has 4 N–H and O–H groups in total. The van der Waals surface area contributed by atoms with Gasteiger partial charge in [-0.05, 0) is 24.5 Å². The lowest BCUT2D eigenvalue weighted by molar-refractivity contribution is 0.123. The molecule has 0 radical (unpaired) electrons. The van der Waals surface area contributed by atoms with E-state index in [9.17, 15) is 14.3 Å². The number of urea groups is 1. The van der Waals surface area contributed by atoms with Gasteiger partial charge >= 0.3 is 6.03 Å². The van der Waals surface area contributed by atoms with Crippen LogP contribution in [0.4, 0.5) is 9.18 Å². The largest absolute Gasteiger partial charge is 0.392 e.